The Labute approximate surface area is 189 Å². The minimum Gasteiger partial charge on any atom is -0.352 e. The molecule has 0 fully saturated rings. The largest absolute Gasteiger partial charge is 0.352 e. The Morgan fingerprint density at radius 1 is 1.07 bits per heavy atom. The molecule has 4 nitrogen and oxygen atoms in total. The zero-order chi connectivity index (χ0) is 21.9. The minimum atomic E-state index is -0.463. The van der Waals surface area contributed by atoms with Crippen molar-refractivity contribution in [1.29, 1.82) is 0 Å². The van der Waals surface area contributed by atoms with Gasteiger partial charge in [-0.15, -0.1) is 11.8 Å². The Kier molecular flexibility index (Phi) is 10.2. The van der Waals surface area contributed by atoms with Crippen LogP contribution in [0.15, 0.2) is 54.6 Å². The first kappa shape index (κ1) is 24.3. The molecule has 0 bridgehead atoms. The molecular weight excluding hydrogens is 416 g/mol. The predicted molar refractivity (Wildman–Crippen MR) is 127 cm³/mol. The minimum absolute atomic E-state index is 0.0104. The number of halogens is 1. The van der Waals surface area contributed by atoms with Crippen molar-refractivity contribution in [3.05, 3.63) is 70.7 Å². The van der Waals surface area contributed by atoms with Gasteiger partial charge in [0.25, 0.3) is 0 Å². The maximum absolute atomic E-state index is 13.1. The lowest BCUT2D eigenvalue weighted by Gasteiger charge is -2.31. The van der Waals surface area contributed by atoms with E-state index in [0.717, 1.165) is 17.5 Å². The van der Waals surface area contributed by atoms with E-state index in [0.29, 0.717) is 29.5 Å². The molecule has 2 aromatic carbocycles. The van der Waals surface area contributed by atoms with Crippen molar-refractivity contribution in [2.45, 2.75) is 51.4 Å². The van der Waals surface area contributed by atoms with E-state index >= 15 is 0 Å². The van der Waals surface area contributed by atoms with Crippen LogP contribution >= 0.6 is 23.4 Å². The van der Waals surface area contributed by atoms with Crippen LogP contribution in [-0.2, 0) is 21.8 Å². The normalized spacial score (nSPS) is 11.9. The molecule has 162 valence electrons. The third kappa shape index (κ3) is 8.04. The van der Waals surface area contributed by atoms with E-state index in [9.17, 15) is 9.59 Å². The summed E-state index contributed by atoms with van der Waals surface area (Å²) in [6.45, 7) is 6.33. The Morgan fingerprint density at radius 3 is 2.40 bits per heavy atom. The van der Waals surface area contributed by atoms with E-state index in [1.807, 2.05) is 75.4 Å². The van der Waals surface area contributed by atoms with Crippen LogP contribution in [0, 0.1) is 0 Å². The summed E-state index contributed by atoms with van der Waals surface area (Å²) >= 11 is 7.59. The molecule has 0 aliphatic carbocycles. The van der Waals surface area contributed by atoms with Gasteiger partial charge in [-0.1, -0.05) is 61.0 Å². The second-order valence-corrected chi connectivity index (χ2v) is 8.95. The summed E-state index contributed by atoms with van der Waals surface area (Å²) in [6, 6.07) is 17.3. The number of nitrogens with zero attached hydrogens (tertiary/aromatic N) is 1. The molecule has 0 aromatic heterocycles. The predicted octanol–water partition coefficient (Wildman–Crippen LogP) is 4.95. The highest BCUT2D eigenvalue weighted by Gasteiger charge is 2.28. The van der Waals surface area contributed by atoms with Crippen LogP contribution < -0.4 is 5.32 Å². The molecule has 1 atom stereocenters. The van der Waals surface area contributed by atoms with Gasteiger partial charge in [0.1, 0.15) is 6.04 Å². The second-order valence-electron chi connectivity index (χ2n) is 7.53. The fourth-order valence-corrected chi connectivity index (χ4v) is 4.31. The van der Waals surface area contributed by atoms with Crippen molar-refractivity contribution < 1.29 is 9.59 Å². The smallest absolute Gasteiger partial charge is 0.242 e. The SMILES string of the molecule is CCC(C(=O)NC(C)C)N(CCc1ccccc1)C(=O)CSCc1cccc(Cl)c1. The number of benzene rings is 2. The molecule has 1 N–H and O–H groups in total. The van der Waals surface area contributed by atoms with Gasteiger partial charge in [0, 0.05) is 23.4 Å². The molecule has 0 aliphatic rings. The van der Waals surface area contributed by atoms with Gasteiger partial charge in [-0.2, -0.15) is 0 Å². The van der Waals surface area contributed by atoms with Crippen molar-refractivity contribution in [2.75, 3.05) is 12.3 Å². The molecule has 0 aliphatic heterocycles. The number of amides is 2. The molecule has 0 radical (unpaired) electrons. The van der Waals surface area contributed by atoms with Crippen LogP contribution in [0.2, 0.25) is 5.02 Å². The number of carbonyl (C=O) groups excluding carboxylic acids is 2. The van der Waals surface area contributed by atoms with Gasteiger partial charge in [0.05, 0.1) is 5.75 Å². The van der Waals surface area contributed by atoms with E-state index in [4.69, 9.17) is 11.6 Å². The number of hydrogen-bond acceptors (Lipinski definition) is 3. The molecule has 2 aromatic rings. The van der Waals surface area contributed by atoms with Gasteiger partial charge in [-0.25, -0.2) is 0 Å². The summed E-state index contributed by atoms with van der Waals surface area (Å²) in [6.07, 6.45) is 1.30. The monoisotopic (exact) mass is 446 g/mol. The summed E-state index contributed by atoms with van der Waals surface area (Å²) < 4.78 is 0. The van der Waals surface area contributed by atoms with Gasteiger partial charge in [-0.3, -0.25) is 9.59 Å². The number of hydrogen-bond donors (Lipinski definition) is 1. The molecule has 0 spiro atoms. The topological polar surface area (TPSA) is 49.4 Å². The molecule has 1 unspecified atom stereocenters. The molecule has 6 heteroatoms. The van der Waals surface area contributed by atoms with Crippen molar-refractivity contribution >= 4 is 35.2 Å². The van der Waals surface area contributed by atoms with Crippen LogP contribution in [0.5, 0.6) is 0 Å². The molecule has 2 amide bonds. The standard InChI is InChI=1S/C24H31ClN2O2S/c1-4-22(24(29)26-18(2)3)27(14-13-19-9-6-5-7-10-19)23(28)17-30-16-20-11-8-12-21(25)15-20/h5-12,15,18,22H,4,13-14,16-17H2,1-3H3,(H,26,29). The lowest BCUT2D eigenvalue weighted by molar-refractivity contribution is -0.139. The van der Waals surface area contributed by atoms with Crippen LogP contribution in [0.3, 0.4) is 0 Å². The number of thioether (sulfide) groups is 1. The van der Waals surface area contributed by atoms with Gasteiger partial charge in [0.2, 0.25) is 11.8 Å². The Balaban J connectivity index is 2.05. The van der Waals surface area contributed by atoms with Crippen molar-refractivity contribution in [3.8, 4) is 0 Å². The van der Waals surface area contributed by atoms with E-state index in [-0.39, 0.29) is 17.9 Å². The van der Waals surface area contributed by atoms with Crippen molar-refractivity contribution in [1.82, 2.24) is 10.2 Å². The summed E-state index contributed by atoms with van der Waals surface area (Å²) in [4.78, 5) is 27.6. The van der Waals surface area contributed by atoms with Crippen LogP contribution in [0.25, 0.3) is 0 Å². The fraction of sp³-hybridized carbons (Fsp3) is 0.417. The molecule has 2 rings (SSSR count). The van der Waals surface area contributed by atoms with Gasteiger partial charge in [0.15, 0.2) is 0 Å². The Hall–Kier alpha value is -1.98. The number of carbonyl (C=O) groups is 2. The highest BCUT2D eigenvalue weighted by Crippen LogP contribution is 2.18. The zero-order valence-corrected chi connectivity index (χ0v) is 19.5. The first-order chi connectivity index (χ1) is 14.4. The third-order valence-corrected chi connectivity index (χ3v) is 5.91. The quantitative estimate of drug-likeness (QED) is 0.531. The van der Waals surface area contributed by atoms with E-state index < -0.39 is 6.04 Å². The highest BCUT2D eigenvalue weighted by molar-refractivity contribution is 7.99. The van der Waals surface area contributed by atoms with Crippen LogP contribution in [0.1, 0.15) is 38.3 Å². The molecule has 0 saturated carbocycles. The lowest BCUT2D eigenvalue weighted by atomic mass is 10.1. The summed E-state index contributed by atoms with van der Waals surface area (Å²) in [5.41, 5.74) is 2.24. The number of rotatable bonds is 11. The van der Waals surface area contributed by atoms with Crippen LogP contribution in [0.4, 0.5) is 0 Å². The Morgan fingerprint density at radius 2 is 1.77 bits per heavy atom. The first-order valence-corrected chi connectivity index (χ1v) is 11.9. The molecule has 30 heavy (non-hydrogen) atoms. The summed E-state index contributed by atoms with van der Waals surface area (Å²) in [7, 11) is 0. The van der Waals surface area contributed by atoms with Gasteiger partial charge < -0.3 is 10.2 Å². The van der Waals surface area contributed by atoms with Gasteiger partial charge in [-0.05, 0) is 49.9 Å². The van der Waals surface area contributed by atoms with E-state index in [1.165, 1.54) is 0 Å². The van der Waals surface area contributed by atoms with E-state index in [1.54, 1.807) is 16.7 Å². The average Bonchev–Trinajstić information content (AvgIpc) is 2.71. The van der Waals surface area contributed by atoms with Gasteiger partial charge >= 0.3 is 0 Å². The second kappa shape index (κ2) is 12.7. The summed E-state index contributed by atoms with van der Waals surface area (Å²) in [5, 5.41) is 3.66. The lowest BCUT2D eigenvalue weighted by Crippen LogP contribution is -2.51. The summed E-state index contributed by atoms with van der Waals surface area (Å²) in [5.74, 6) is 0.929. The first-order valence-electron chi connectivity index (χ1n) is 10.4. The highest BCUT2D eigenvalue weighted by atomic mass is 35.5. The maximum atomic E-state index is 13.1. The van der Waals surface area contributed by atoms with Crippen molar-refractivity contribution in [3.63, 3.8) is 0 Å². The van der Waals surface area contributed by atoms with Crippen molar-refractivity contribution in [2.24, 2.45) is 0 Å². The average molecular weight is 447 g/mol. The molecule has 0 heterocycles. The molecular formula is C24H31ClN2O2S. The van der Waals surface area contributed by atoms with Crippen LogP contribution in [-0.4, -0.2) is 41.1 Å². The fourth-order valence-electron chi connectivity index (χ4n) is 3.24. The van der Waals surface area contributed by atoms with E-state index in [2.05, 4.69) is 5.32 Å². The third-order valence-electron chi connectivity index (χ3n) is 4.68. The Bertz CT molecular complexity index is 814. The maximum Gasteiger partial charge on any atom is 0.242 e. The molecule has 0 saturated heterocycles. The number of nitrogens with one attached hydrogen (secondary N) is 1. The zero-order valence-electron chi connectivity index (χ0n) is 17.9.